The molecule has 2 unspecified atom stereocenters. The van der Waals surface area contributed by atoms with Crippen molar-refractivity contribution in [3.63, 3.8) is 0 Å². The first-order valence-corrected chi connectivity index (χ1v) is 11.0. The second kappa shape index (κ2) is 8.54. The summed E-state index contributed by atoms with van der Waals surface area (Å²) in [4.78, 5) is 27.5. The molecule has 0 radical (unpaired) electrons. The minimum Gasteiger partial charge on any atom is -0.497 e. The maximum atomic E-state index is 12.9. The summed E-state index contributed by atoms with van der Waals surface area (Å²) in [7, 11) is 1.65. The topological polar surface area (TPSA) is 60.8 Å². The highest BCUT2D eigenvalue weighted by Gasteiger charge is 2.37. The molecule has 1 fully saturated rings. The fourth-order valence-electron chi connectivity index (χ4n) is 4.99. The van der Waals surface area contributed by atoms with E-state index in [1.54, 1.807) is 13.2 Å². The van der Waals surface area contributed by atoms with E-state index >= 15 is 0 Å². The number of amides is 1. The number of carbonyl (C=O) groups excluding carboxylic acids is 1. The van der Waals surface area contributed by atoms with E-state index in [0.29, 0.717) is 25.4 Å². The van der Waals surface area contributed by atoms with Gasteiger partial charge in [-0.15, -0.1) is 0 Å². The third-order valence-corrected chi connectivity index (χ3v) is 6.45. The largest absolute Gasteiger partial charge is 0.497 e. The molecule has 2 aliphatic heterocycles. The van der Waals surface area contributed by atoms with Crippen LogP contribution in [0, 0.1) is 5.92 Å². The fraction of sp³-hybridized carbons (Fsp3) is 0.308. The molecular weight excluding hydrogens is 404 g/mol. The minimum absolute atomic E-state index is 0.0127. The number of likely N-dealkylation sites (tertiary alicyclic amines) is 1. The number of methoxy groups -OCH3 is 1. The normalized spacial score (nSPS) is 19.2. The van der Waals surface area contributed by atoms with Gasteiger partial charge < -0.3 is 18.9 Å². The number of nitrogens with zero attached hydrogens (tertiary/aromatic N) is 2. The van der Waals surface area contributed by atoms with Crippen LogP contribution in [0.4, 0.5) is 0 Å². The lowest BCUT2D eigenvalue weighted by Gasteiger charge is -2.43. The summed E-state index contributed by atoms with van der Waals surface area (Å²) in [5.41, 5.74) is 3.15. The zero-order valence-corrected chi connectivity index (χ0v) is 18.1. The summed E-state index contributed by atoms with van der Waals surface area (Å²) in [6, 6.07) is 20.9. The molecular formula is C26H26N2O4. The van der Waals surface area contributed by atoms with Crippen LogP contribution >= 0.6 is 0 Å². The summed E-state index contributed by atoms with van der Waals surface area (Å²) in [6.45, 7) is 1.92. The summed E-state index contributed by atoms with van der Waals surface area (Å²) in [5.74, 6) is 1.86. The van der Waals surface area contributed by atoms with Gasteiger partial charge in [-0.1, -0.05) is 30.3 Å². The maximum Gasteiger partial charge on any atom is 0.260 e. The quantitative estimate of drug-likeness (QED) is 0.621. The number of pyridine rings is 1. The molecule has 1 aromatic heterocycles. The molecule has 2 aromatic carbocycles. The van der Waals surface area contributed by atoms with E-state index in [0.717, 1.165) is 29.0 Å². The molecule has 2 atom stereocenters. The lowest BCUT2D eigenvalue weighted by Crippen LogP contribution is -2.50. The summed E-state index contributed by atoms with van der Waals surface area (Å²) in [5, 5.41) is 0. The van der Waals surface area contributed by atoms with E-state index in [1.807, 2.05) is 70.1 Å². The molecule has 6 nitrogen and oxygen atoms in total. The highest BCUT2D eigenvalue weighted by Crippen LogP contribution is 2.40. The molecule has 0 spiro atoms. The van der Waals surface area contributed by atoms with Crippen molar-refractivity contribution in [2.24, 2.45) is 5.92 Å². The van der Waals surface area contributed by atoms with Crippen LogP contribution in [-0.2, 0) is 11.3 Å². The lowest BCUT2D eigenvalue weighted by molar-refractivity contribution is -0.136. The fourth-order valence-corrected chi connectivity index (χ4v) is 4.99. The molecule has 2 bridgehead atoms. The van der Waals surface area contributed by atoms with Crippen LogP contribution in [0.15, 0.2) is 71.5 Å². The molecule has 164 valence electrons. The van der Waals surface area contributed by atoms with Gasteiger partial charge in [-0.05, 0) is 48.2 Å². The van der Waals surface area contributed by atoms with Crippen LogP contribution in [0.25, 0.3) is 11.1 Å². The SMILES string of the molecule is COc1ccc(-c2ccc(=O)n3c2C2CC(CN(C(=O)COc4ccccc4)C2)C3)cc1. The predicted octanol–water partition coefficient (Wildman–Crippen LogP) is 3.55. The Kier molecular flexibility index (Phi) is 5.43. The van der Waals surface area contributed by atoms with Gasteiger partial charge in [0.2, 0.25) is 0 Å². The molecule has 1 amide bonds. The number of para-hydroxylation sites is 1. The first-order chi connectivity index (χ1) is 15.6. The van der Waals surface area contributed by atoms with Crippen LogP contribution in [0.3, 0.4) is 0 Å². The van der Waals surface area contributed by atoms with Gasteiger partial charge in [-0.3, -0.25) is 9.59 Å². The maximum absolute atomic E-state index is 12.9. The van der Waals surface area contributed by atoms with E-state index in [2.05, 4.69) is 0 Å². The van der Waals surface area contributed by atoms with Crippen LogP contribution in [0.5, 0.6) is 11.5 Å². The highest BCUT2D eigenvalue weighted by atomic mass is 16.5. The first-order valence-electron chi connectivity index (χ1n) is 11.0. The van der Waals surface area contributed by atoms with Crippen LogP contribution in [-0.4, -0.2) is 42.2 Å². The number of hydrogen-bond acceptors (Lipinski definition) is 4. The second-order valence-electron chi connectivity index (χ2n) is 8.51. The third-order valence-electron chi connectivity index (χ3n) is 6.45. The van der Waals surface area contributed by atoms with Gasteiger partial charge in [0.25, 0.3) is 11.5 Å². The Morgan fingerprint density at radius 3 is 2.47 bits per heavy atom. The van der Waals surface area contributed by atoms with Crippen molar-refractivity contribution in [3.8, 4) is 22.6 Å². The summed E-state index contributed by atoms with van der Waals surface area (Å²) in [6.07, 6.45) is 0.982. The van der Waals surface area contributed by atoms with Gasteiger partial charge in [-0.2, -0.15) is 0 Å². The van der Waals surface area contributed by atoms with Gasteiger partial charge in [0.15, 0.2) is 6.61 Å². The molecule has 3 heterocycles. The van der Waals surface area contributed by atoms with Crippen LogP contribution < -0.4 is 15.0 Å². The number of piperidine rings is 1. The van der Waals surface area contributed by atoms with E-state index in [-0.39, 0.29) is 29.9 Å². The number of benzene rings is 2. The van der Waals surface area contributed by atoms with Gasteiger partial charge in [0, 0.05) is 42.9 Å². The predicted molar refractivity (Wildman–Crippen MR) is 122 cm³/mol. The van der Waals surface area contributed by atoms with Crippen molar-refractivity contribution in [1.82, 2.24) is 9.47 Å². The Hall–Kier alpha value is -3.54. The number of ether oxygens (including phenoxy) is 2. The Morgan fingerprint density at radius 2 is 1.72 bits per heavy atom. The zero-order valence-electron chi connectivity index (χ0n) is 18.1. The van der Waals surface area contributed by atoms with Gasteiger partial charge in [0.1, 0.15) is 11.5 Å². The molecule has 3 aromatic rings. The van der Waals surface area contributed by atoms with E-state index in [1.165, 1.54) is 0 Å². The van der Waals surface area contributed by atoms with E-state index in [4.69, 9.17) is 9.47 Å². The minimum atomic E-state index is -0.0127. The Labute approximate surface area is 187 Å². The van der Waals surface area contributed by atoms with Crippen LogP contribution in [0.1, 0.15) is 18.0 Å². The van der Waals surface area contributed by atoms with Gasteiger partial charge in [-0.25, -0.2) is 0 Å². The van der Waals surface area contributed by atoms with Crippen molar-refractivity contribution >= 4 is 5.91 Å². The van der Waals surface area contributed by atoms with Crippen molar-refractivity contribution in [1.29, 1.82) is 0 Å². The van der Waals surface area contributed by atoms with E-state index < -0.39 is 0 Å². The summed E-state index contributed by atoms with van der Waals surface area (Å²) < 4.78 is 12.9. The van der Waals surface area contributed by atoms with Gasteiger partial charge >= 0.3 is 0 Å². The first kappa shape index (κ1) is 20.4. The molecule has 2 aliphatic rings. The highest BCUT2D eigenvalue weighted by molar-refractivity contribution is 5.78. The standard InChI is InChI=1S/C26H26N2O4/c1-31-21-9-7-19(8-10-21)23-11-12-24(29)28-15-18-13-20(26(23)28)16-27(14-18)25(30)17-32-22-5-3-2-4-6-22/h2-12,18,20H,13-17H2,1H3. The molecule has 1 saturated heterocycles. The van der Waals surface area contributed by atoms with Crippen molar-refractivity contribution in [3.05, 3.63) is 82.8 Å². The monoisotopic (exact) mass is 430 g/mol. The second-order valence-corrected chi connectivity index (χ2v) is 8.51. The number of carbonyl (C=O) groups is 1. The summed E-state index contributed by atoms with van der Waals surface area (Å²) >= 11 is 0. The van der Waals surface area contributed by atoms with Crippen molar-refractivity contribution in [2.45, 2.75) is 18.9 Å². The molecule has 6 heteroatoms. The molecule has 5 rings (SSSR count). The Morgan fingerprint density at radius 1 is 0.938 bits per heavy atom. The molecule has 0 saturated carbocycles. The number of fused-ring (bicyclic) bond motifs is 4. The van der Waals surface area contributed by atoms with Crippen molar-refractivity contribution < 1.29 is 14.3 Å². The number of aromatic nitrogens is 1. The number of rotatable bonds is 5. The zero-order chi connectivity index (χ0) is 22.1. The Bertz CT molecular complexity index is 1170. The molecule has 0 aliphatic carbocycles. The van der Waals surface area contributed by atoms with Gasteiger partial charge in [0.05, 0.1) is 7.11 Å². The van der Waals surface area contributed by atoms with E-state index in [9.17, 15) is 9.59 Å². The number of hydrogen-bond donors (Lipinski definition) is 0. The smallest absolute Gasteiger partial charge is 0.260 e. The molecule has 32 heavy (non-hydrogen) atoms. The van der Waals surface area contributed by atoms with Crippen molar-refractivity contribution in [2.75, 3.05) is 26.8 Å². The average Bonchev–Trinajstić information content (AvgIpc) is 2.84. The third kappa shape index (κ3) is 3.88. The van der Waals surface area contributed by atoms with Crippen LogP contribution in [0.2, 0.25) is 0 Å². The lowest BCUT2D eigenvalue weighted by atomic mass is 9.80. The molecule has 0 N–H and O–H groups in total. The Balaban J connectivity index is 1.41. The average molecular weight is 431 g/mol.